The number of rotatable bonds is 4. The summed E-state index contributed by atoms with van der Waals surface area (Å²) in [5, 5.41) is 3.31. The molecule has 0 atom stereocenters. The van der Waals surface area contributed by atoms with Crippen molar-refractivity contribution in [2.45, 2.75) is 62.9 Å². The van der Waals surface area contributed by atoms with Crippen LogP contribution in [0.15, 0.2) is 29.5 Å². The molecular weight excluding hydrogens is 466 g/mol. The second-order valence-corrected chi connectivity index (χ2v) is 10.8. The van der Waals surface area contributed by atoms with Crippen molar-refractivity contribution in [1.82, 2.24) is 29.4 Å². The van der Waals surface area contributed by atoms with Crippen LogP contribution in [0.3, 0.4) is 0 Å². The first-order valence-electron chi connectivity index (χ1n) is 13.9. The van der Waals surface area contributed by atoms with Gasteiger partial charge in [0.15, 0.2) is 5.65 Å². The fraction of sp³-hybridized carbons (Fsp3) is 0.593. The van der Waals surface area contributed by atoms with Gasteiger partial charge in [0.25, 0.3) is 0 Å². The van der Waals surface area contributed by atoms with Crippen LogP contribution in [0.5, 0.6) is 0 Å². The normalized spacial score (nSPS) is 22.4. The summed E-state index contributed by atoms with van der Waals surface area (Å²) < 4.78 is 7.80. The maximum Gasteiger partial charge on any atom is 0.232 e. The second-order valence-electron chi connectivity index (χ2n) is 10.8. The summed E-state index contributed by atoms with van der Waals surface area (Å²) in [4.78, 5) is 28.5. The van der Waals surface area contributed by atoms with Crippen molar-refractivity contribution in [3.63, 3.8) is 0 Å². The molecule has 3 aliphatic heterocycles. The van der Waals surface area contributed by atoms with Gasteiger partial charge in [0, 0.05) is 44.9 Å². The van der Waals surface area contributed by atoms with E-state index in [1.54, 1.807) is 6.20 Å². The lowest BCUT2D eigenvalue weighted by Gasteiger charge is -2.40. The maximum atomic E-state index is 5.52. The Morgan fingerprint density at radius 3 is 2.54 bits per heavy atom. The van der Waals surface area contributed by atoms with Crippen LogP contribution >= 0.6 is 0 Å². The van der Waals surface area contributed by atoms with Gasteiger partial charge in [0.2, 0.25) is 11.9 Å². The number of pyridine rings is 1. The van der Waals surface area contributed by atoms with Crippen LogP contribution < -0.4 is 10.2 Å². The van der Waals surface area contributed by atoms with Crippen LogP contribution in [0.4, 0.5) is 23.4 Å². The van der Waals surface area contributed by atoms with E-state index in [0.717, 1.165) is 81.6 Å². The van der Waals surface area contributed by atoms with E-state index in [0.29, 0.717) is 12.0 Å². The molecule has 194 valence electrons. The summed E-state index contributed by atoms with van der Waals surface area (Å²) in [6.45, 7) is 5.99. The fourth-order valence-corrected chi connectivity index (χ4v) is 6.67. The van der Waals surface area contributed by atoms with Crippen LogP contribution in [0.2, 0.25) is 0 Å². The summed E-state index contributed by atoms with van der Waals surface area (Å²) >= 11 is 0. The molecule has 0 amide bonds. The molecule has 1 spiro atoms. The third-order valence-electron chi connectivity index (χ3n) is 8.70. The van der Waals surface area contributed by atoms with Crippen molar-refractivity contribution in [1.29, 1.82) is 0 Å². The van der Waals surface area contributed by atoms with Crippen LogP contribution in [0.25, 0.3) is 11.2 Å². The highest BCUT2D eigenvalue weighted by molar-refractivity contribution is 5.78. The molecule has 10 nitrogen and oxygen atoms in total. The van der Waals surface area contributed by atoms with Crippen molar-refractivity contribution in [3.05, 3.63) is 24.5 Å². The van der Waals surface area contributed by atoms with Crippen LogP contribution in [-0.4, -0.2) is 81.1 Å². The van der Waals surface area contributed by atoms with Crippen LogP contribution in [0, 0.1) is 0 Å². The number of nitrogens with one attached hydrogen (secondary N) is 1. The summed E-state index contributed by atoms with van der Waals surface area (Å²) in [6, 6.07) is 4.85. The Kier molecular flexibility index (Phi) is 6.01. The highest BCUT2D eigenvalue weighted by Gasteiger charge is 2.38. The van der Waals surface area contributed by atoms with E-state index in [4.69, 9.17) is 19.7 Å². The number of anilines is 3. The molecule has 0 bridgehead atoms. The van der Waals surface area contributed by atoms with Gasteiger partial charge in [-0.1, -0.05) is 19.3 Å². The number of nitrogens with zero attached hydrogens (tertiary/aromatic N) is 8. The molecule has 10 heteroatoms. The van der Waals surface area contributed by atoms with E-state index in [1.807, 2.05) is 18.5 Å². The average molecular weight is 502 g/mol. The van der Waals surface area contributed by atoms with Gasteiger partial charge in [-0.05, 0) is 37.8 Å². The molecule has 1 saturated carbocycles. The number of imidazole rings is 1. The molecule has 6 heterocycles. The third-order valence-corrected chi connectivity index (χ3v) is 8.70. The minimum atomic E-state index is 0.0465. The van der Waals surface area contributed by atoms with Gasteiger partial charge in [0.05, 0.1) is 36.8 Å². The molecule has 4 aliphatic rings. The zero-order valence-corrected chi connectivity index (χ0v) is 21.3. The van der Waals surface area contributed by atoms with E-state index < -0.39 is 0 Å². The molecule has 7 rings (SSSR count). The molecular formula is C27H35N9O. The smallest absolute Gasteiger partial charge is 0.232 e. The molecule has 3 fully saturated rings. The Balaban J connectivity index is 1.05. The predicted octanol–water partition coefficient (Wildman–Crippen LogP) is 4.03. The van der Waals surface area contributed by atoms with E-state index in [9.17, 15) is 0 Å². The van der Waals surface area contributed by atoms with Gasteiger partial charge in [0.1, 0.15) is 11.3 Å². The molecule has 0 aromatic carbocycles. The van der Waals surface area contributed by atoms with Gasteiger partial charge < -0.3 is 15.0 Å². The Bertz CT molecular complexity index is 1270. The number of morpholine rings is 1. The Morgan fingerprint density at radius 1 is 0.919 bits per heavy atom. The molecule has 3 aromatic rings. The number of hydrogen-bond donors (Lipinski definition) is 1. The first kappa shape index (κ1) is 23.0. The van der Waals surface area contributed by atoms with E-state index in [2.05, 4.69) is 35.7 Å². The molecule has 3 aromatic heterocycles. The van der Waals surface area contributed by atoms with Crippen molar-refractivity contribution in [2.24, 2.45) is 4.99 Å². The minimum Gasteiger partial charge on any atom is -0.379 e. The largest absolute Gasteiger partial charge is 0.379 e. The third kappa shape index (κ3) is 4.35. The van der Waals surface area contributed by atoms with Gasteiger partial charge in [-0.3, -0.25) is 9.47 Å². The zero-order chi connectivity index (χ0) is 24.7. The monoisotopic (exact) mass is 501 g/mol. The van der Waals surface area contributed by atoms with E-state index in [1.165, 1.54) is 37.8 Å². The average Bonchev–Trinajstić information content (AvgIpc) is 3.34. The quantitative estimate of drug-likeness (QED) is 0.572. The number of hydrogen-bond acceptors (Lipinski definition) is 9. The SMILES string of the molecule is C1=Nc2nc3cnc(Nc4ccc(N5CCC(N6CCOCC6)CC5)cn4)nc3n2C2(C1)CCCCC2. The lowest BCUT2D eigenvalue weighted by atomic mass is 9.79. The van der Waals surface area contributed by atoms with Gasteiger partial charge >= 0.3 is 0 Å². The highest BCUT2D eigenvalue weighted by atomic mass is 16.5. The molecule has 1 N–H and O–H groups in total. The van der Waals surface area contributed by atoms with Gasteiger partial charge in [-0.2, -0.15) is 4.98 Å². The second kappa shape index (κ2) is 9.64. The summed E-state index contributed by atoms with van der Waals surface area (Å²) in [7, 11) is 0. The highest BCUT2D eigenvalue weighted by Crippen LogP contribution is 2.44. The first-order chi connectivity index (χ1) is 18.3. The number of aliphatic imine (C=N–C) groups is 1. The number of piperidine rings is 1. The predicted molar refractivity (Wildman–Crippen MR) is 144 cm³/mol. The number of aromatic nitrogens is 5. The number of fused-ring (bicyclic) bond motifs is 4. The molecule has 0 radical (unpaired) electrons. The zero-order valence-electron chi connectivity index (χ0n) is 21.3. The molecule has 0 unspecified atom stereocenters. The molecule has 1 aliphatic carbocycles. The summed E-state index contributed by atoms with van der Waals surface area (Å²) in [5.41, 5.74) is 2.88. The van der Waals surface area contributed by atoms with Crippen molar-refractivity contribution >= 4 is 40.8 Å². The van der Waals surface area contributed by atoms with Crippen molar-refractivity contribution in [2.75, 3.05) is 49.6 Å². The Labute approximate surface area is 217 Å². The lowest BCUT2D eigenvalue weighted by Crippen LogP contribution is -2.49. The van der Waals surface area contributed by atoms with Gasteiger partial charge in [-0.15, -0.1) is 0 Å². The van der Waals surface area contributed by atoms with Crippen LogP contribution in [0.1, 0.15) is 51.4 Å². The number of ether oxygens (including phenoxy) is 1. The maximum absolute atomic E-state index is 5.52. The Hall–Kier alpha value is -3.11. The van der Waals surface area contributed by atoms with E-state index >= 15 is 0 Å². The van der Waals surface area contributed by atoms with Crippen molar-refractivity contribution in [3.8, 4) is 0 Å². The fourth-order valence-electron chi connectivity index (χ4n) is 6.67. The Morgan fingerprint density at radius 2 is 1.76 bits per heavy atom. The topological polar surface area (TPSA) is 96.6 Å². The van der Waals surface area contributed by atoms with E-state index in [-0.39, 0.29) is 5.54 Å². The first-order valence-corrected chi connectivity index (χ1v) is 13.9. The standard InChI is InChI=1S/C27H35N9O/c1-2-8-27(9-3-1)10-11-28-26-31-22-19-30-25(33-24(22)36(26)27)32-23-5-4-21(18-29-23)34-12-6-20(7-13-34)35-14-16-37-17-15-35/h4-5,11,18-20H,1-3,6-10,12-17H2,(H,29,30,32,33). The molecule has 2 saturated heterocycles. The van der Waals surface area contributed by atoms with Gasteiger partial charge in [-0.25, -0.2) is 19.9 Å². The minimum absolute atomic E-state index is 0.0465. The summed E-state index contributed by atoms with van der Waals surface area (Å²) in [5.74, 6) is 2.05. The lowest BCUT2D eigenvalue weighted by molar-refractivity contribution is 0.0115. The summed E-state index contributed by atoms with van der Waals surface area (Å²) in [6.07, 6.45) is 15.2. The molecule has 37 heavy (non-hydrogen) atoms. The van der Waals surface area contributed by atoms with Crippen LogP contribution in [-0.2, 0) is 10.3 Å². The van der Waals surface area contributed by atoms with Crippen molar-refractivity contribution < 1.29 is 4.74 Å².